The van der Waals surface area contributed by atoms with Gasteiger partial charge in [-0.15, -0.1) is 0 Å². The zero-order chi connectivity index (χ0) is 22.2. The van der Waals surface area contributed by atoms with Gasteiger partial charge in [0.25, 0.3) is 0 Å². The first-order valence-electron chi connectivity index (χ1n) is 10.6. The summed E-state index contributed by atoms with van der Waals surface area (Å²) in [5, 5.41) is 19.2. The Balaban J connectivity index is 1.76. The summed E-state index contributed by atoms with van der Waals surface area (Å²) in [6.45, 7) is 2.73. The third kappa shape index (κ3) is 3.19. The molecule has 1 aromatic carbocycles. The largest absolute Gasteiger partial charge is 0.444 e. The number of para-hydroxylation sites is 1. The van der Waals surface area contributed by atoms with Gasteiger partial charge >= 0.3 is 0 Å². The van der Waals surface area contributed by atoms with Gasteiger partial charge in [0.15, 0.2) is 5.78 Å². The molecule has 1 atom stereocenters. The third-order valence-electron chi connectivity index (χ3n) is 5.91. The van der Waals surface area contributed by atoms with E-state index in [2.05, 4.69) is 11.2 Å². The average molecular weight is 426 g/mol. The number of allylic oxidation sites excluding steroid dienone is 3. The van der Waals surface area contributed by atoms with Crippen molar-refractivity contribution in [1.82, 2.24) is 19.6 Å². The van der Waals surface area contributed by atoms with Crippen molar-refractivity contribution in [1.29, 1.82) is 5.26 Å². The summed E-state index contributed by atoms with van der Waals surface area (Å²) in [5.74, 6) is -0.0350. The summed E-state index contributed by atoms with van der Waals surface area (Å²) in [6.07, 6.45) is 7.29. The minimum atomic E-state index is -0.631. The van der Waals surface area contributed by atoms with Crippen LogP contribution < -0.4 is 5.73 Å². The van der Waals surface area contributed by atoms with Crippen molar-refractivity contribution in [3.63, 3.8) is 0 Å². The van der Waals surface area contributed by atoms with E-state index in [1.807, 2.05) is 54.3 Å². The molecule has 1 aliphatic heterocycles. The fraction of sp³-hybridized carbons (Fsp3) is 0.250. The van der Waals surface area contributed by atoms with Crippen LogP contribution in [0, 0.1) is 11.3 Å². The number of aryl methyl sites for hydroxylation is 1. The zero-order valence-corrected chi connectivity index (χ0v) is 17.7. The van der Waals surface area contributed by atoms with Crippen molar-refractivity contribution in [2.45, 2.75) is 38.6 Å². The molecule has 0 radical (unpaired) electrons. The van der Waals surface area contributed by atoms with Crippen LogP contribution in [0.15, 0.2) is 71.7 Å². The van der Waals surface area contributed by atoms with Crippen LogP contribution in [-0.2, 0) is 16.1 Å². The van der Waals surface area contributed by atoms with Gasteiger partial charge in [-0.25, -0.2) is 4.68 Å². The maximum absolute atomic E-state index is 13.0. The van der Waals surface area contributed by atoms with Gasteiger partial charge in [-0.1, -0.05) is 18.2 Å². The Kier molecular flexibility index (Phi) is 4.86. The highest BCUT2D eigenvalue weighted by molar-refractivity contribution is 5.99. The second kappa shape index (κ2) is 7.85. The number of ketones is 1. The molecule has 1 aliphatic carbocycles. The fourth-order valence-electron chi connectivity index (χ4n) is 4.36. The molecular weight excluding hydrogens is 404 g/mol. The SMILES string of the molecule is CCn1cc(-c2nn(-c3ccccc3)cc2[C@@H]2C(C#N)=C(N)OC3=C2C(=O)CCC3)cn1. The molecule has 32 heavy (non-hydrogen) atoms. The predicted octanol–water partition coefficient (Wildman–Crippen LogP) is 3.57. The molecule has 0 saturated carbocycles. The molecular formula is C24H22N6O2. The standard InChI is InChI=1S/C24H22N6O2/c1-2-29-13-15(12-27-29)23-18(14-30(28-23)16-7-4-3-5-8-16)21-17(11-25)24(26)32-20-10-6-9-19(31)22(20)21/h3-5,7-8,12-14,21H,2,6,9-10,26H2,1H3/t21-/m0/s1. The van der Waals surface area contributed by atoms with Crippen molar-refractivity contribution >= 4 is 5.78 Å². The lowest BCUT2D eigenvalue weighted by Crippen LogP contribution is -2.27. The van der Waals surface area contributed by atoms with Crippen LogP contribution in [0.4, 0.5) is 0 Å². The molecule has 2 aliphatic rings. The van der Waals surface area contributed by atoms with Crippen LogP contribution in [0.25, 0.3) is 16.9 Å². The highest BCUT2D eigenvalue weighted by Crippen LogP contribution is 2.45. The molecule has 8 nitrogen and oxygen atoms in total. The molecule has 3 heterocycles. The smallest absolute Gasteiger partial charge is 0.205 e. The third-order valence-corrected chi connectivity index (χ3v) is 5.91. The van der Waals surface area contributed by atoms with Crippen molar-refractivity contribution in [3.05, 3.63) is 77.3 Å². The molecule has 160 valence electrons. The van der Waals surface area contributed by atoms with Gasteiger partial charge in [0.1, 0.15) is 23.1 Å². The number of rotatable bonds is 4. The molecule has 2 N–H and O–H groups in total. The number of benzene rings is 1. The minimum Gasteiger partial charge on any atom is -0.444 e. The van der Waals surface area contributed by atoms with E-state index >= 15 is 0 Å². The minimum absolute atomic E-state index is 0.0147. The van der Waals surface area contributed by atoms with Gasteiger partial charge in [-0.3, -0.25) is 9.48 Å². The van der Waals surface area contributed by atoms with Crippen molar-refractivity contribution in [3.8, 4) is 23.0 Å². The van der Waals surface area contributed by atoms with Gasteiger partial charge in [-0.05, 0) is 25.5 Å². The van der Waals surface area contributed by atoms with Crippen LogP contribution in [0.3, 0.4) is 0 Å². The Bertz CT molecular complexity index is 1310. The quantitative estimate of drug-likeness (QED) is 0.683. The lowest BCUT2D eigenvalue weighted by Gasteiger charge is -2.30. The van der Waals surface area contributed by atoms with Gasteiger partial charge < -0.3 is 10.5 Å². The van der Waals surface area contributed by atoms with Crippen molar-refractivity contribution < 1.29 is 9.53 Å². The number of carbonyl (C=O) groups excluding carboxylic acids is 1. The van der Waals surface area contributed by atoms with E-state index < -0.39 is 5.92 Å². The van der Waals surface area contributed by atoms with Crippen LogP contribution in [0.2, 0.25) is 0 Å². The summed E-state index contributed by atoms with van der Waals surface area (Å²) >= 11 is 0. The van der Waals surface area contributed by atoms with Gasteiger partial charge in [-0.2, -0.15) is 15.5 Å². The molecule has 8 heteroatoms. The van der Waals surface area contributed by atoms with E-state index in [0.29, 0.717) is 36.3 Å². The van der Waals surface area contributed by atoms with Crippen molar-refractivity contribution in [2.75, 3.05) is 0 Å². The van der Waals surface area contributed by atoms with Crippen LogP contribution >= 0.6 is 0 Å². The second-order valence-corrected chi connectivity index (χ2v) is 7.84. The zero-order valence-electron chi connectivity index (χ0n) is 17.7. The molecule has 0 unspecified atom stereocenters. The predicted molar refractivity (Wildman–Crippen MR) is 117 cm³/mol. The monoisotopic (exact) mass is 426 g/mol. The maximum Gasteiger partial charge on any atom is 0.205 e. The molecule has 5 rings (SSSR count). The summed E-state index contributed by atoms with van der Waals surface area (Å²) in [6, 6.07) is 11.9. The molecule has 0 fully saturated rings. The lowest BCUT2D eigenvalue weighted by molar-refractivity contribution is -0.116. The van der Waals surface area contributed by atoms with Crippen LogP contribution in [0.1, 0.15) is 37.7 Å². The Labute approximate surface area is 185 Å². The molecule has 0 saturated heterocycles. The first-order valence-corrected chi connectivity index (χ1v) is 10.6. The molecule has 3 aromatic rings. The van der Waals surface area contributed by atoms with E-state index in [4.69, 9.17) is 15.6 Å². The Morgan fingerprint density at radius 3 is 2.78 bits per heavy atom. The van der Waals surface area contributed by atoms with Crippen LogP contribution in [-0.4, -0.2) is 25.3 Å². The van der Waals surface area contributed by atoms with E-state index in [9.17, 15) is 10.1 Å². The summed E-state index contributed by atoms with van der Waals surface area (Å²) in [4.78, 5) is 13.0. The number of nitrogens with zero attached hydrogens (tertiary/aromatic N) is 5. The highest BCUT2D eigenvalue weighted by Gasteiger charge is 2.40. The lowest BCUT2D eigenvalue weighted by atomic mass is 9.77. The Morgan fingerprint density at radius 2 is 2.06 bits per heavy atom. The molecule has 0 bridgehead atoms. The number of Topliss-reactive ketones (excluding diaryl/α,β-unsaturated/α-hetero) is 1. The number of hydrogen-bond donors (Lipinski definition) is 1. The summed E-state index contributed by atoms with van der Waals surface area (Å²) < 4.78 is 9.31. The van der Waals surface area contributed by atoms with E-state index in [1.165, 1.54) is 0 Å². The van der Waals surface area contributed by atoms with E-state index in [1.54, 1.807) is 10.9 Å². The van der Waals surface area contributed by atoms with Gasteiger partial charge in [0, 0.05) is 48.5 Å². The average Bonchev–Trinajstić information content (AvgIpc) is 3.46. The van der Waals surface area contributed by atoms with Crippen LogP contribution in [0.5, 0.6) is 0 Å². The number of nitrogens with two attached hydrogens (primary N) is 1. The van der Waals surface area contributed by atoms with Gasteiger partial charge in [0.2, 0.25) is 5.88 Å². The number of ether oxygens (including phenoxy) is 1. The van der Waals surface area contributed by atoms with Gasteiger partial charge in [0.05, 0.1) is 17.8 Å². The Morgan fingerprint density at radius 1 is 1.25 bits per heavy atom. The first-order chi connectivity index (χ1) is 15.6. The maximum atomic E-state index is 13.0. The fourth-order valence-corrected chi connectivity index (χ4v) is 4.36. The topological polar surface area (TPSA) is 112 Å². The number of hydrogen-bond acceptors (Lipinski definition) is 6. The molecule has 0 amide bonds. The van der Waals surface area contributed by atoms with Crippen molar-refractivity contribution in [2.24, 2.45) is 5.73 Å². The first kappa shape index (κ1) is 19.8. The summed E-state index contributed by atoms with van der Waals surface area (Å²) in [7, 11) is 0. The number of aromatic nitrogens is 4. The number of carbonyl (C=O) groups is 1. The van der Waals surface area contributed by atoms with E-state index in [0.717, 1.165) is 23.4 Å². The summed E-state index contributed by atoms with van der Waals surface area (Å²) in [5.41, 5.74) is 9.96. The second-order valence-electron chi connectivity index (χ2n) is 7.84. The highest BCUT2D eigenvalue weighted by atomic mass is 16.5. The van der Waals surface area contributed by atoms with E-state index in [-0.39, 0.29) is 17.2 Å². The Hall–Kier alpha value is -4.12. The molecule has 0 spiro atoms. The number of nitriles is 1. The molecule has 2 aromatic heterocycles. The normalized spacial score (nSPS) is 18.4.